The van der Waals surface area contributed by atoms with Crippen molar-refractivity contribution in [3.05, 3.63) is 149 Å². The first-order valence-electron chi connectivity index (χ1n) is 25.9. The molecule has 8 aromatic rings. The molecule has 0 saturated carbocycles. The zero-order valence-corrected chi connectivity index (χ0v) is 49.5. The van der Waals surface area contributed by atoms with Crippen LogP contribution in [0.3, 0.4) is 0 Å². The van der Waals surface area contributed by atoms with Gasteiger partial charge in [0.05, 0.1) is 63.7 Å². The van der Waals surface area contributed by atoms with Crippen LogP contribution >= 0.6 is 0 Å². The third kappa shape index (κ3) is 16.9. The molecule has 8 rings (SSSR count). The molecule has 0 aliphatic heterocycles. The molecule has 0 aliphatic carbocycles. The fourth-order valence-electron chi connectivity index (χ4n) is 8.56. The molecule has 6 N–H and O–H groups in total. The summed E-state index contributed by atoms with van der Waals surface area (Å²) in [6.07, 6.45) is 0.618. The quantitative estimate of drug-likeness (QED) is 0.0186. The van der Waals surface area contributed by atoms with Gasteiger partial charge in [-0.1, -0.05) is 24.3 Å². The first-order valence-corrected chi connectivity index (χ1v) is 32.0. The van der Waals surface area contributed by atoms with Crippen molar-refractivity contribution in [1.29, 1.82) is 0 Å². The number of rotatable bonds is 24. The Balaban J connectivity index is 1.01. The summed E-state index contributed by atoms with van der Waals surface area (Å²) in [4.78, 5) is -1.06. The minimum Gasteiger partial charge on any atom is -0.505 e. The number of hydrogen-bond donors (Lipinski definition) is 6. The van der Waals surface area contributed by atoms with Crippen LogP contribution in [-0.2, 0) is 40.5 Å². The maximum Gasteiger partial charge on any atom is 0.296 e. The predicted molar refractivity (Wildman–Crippen MR) is 321 cm³/mol. The lowest BCUT2D eigenvalue weighted by Gasteiger charge is -2.12. The van der Waals surface area contributed by atoms with Crippen LogP contribution < -0.4 is 14.8 Å². The maximum absolute atomic E-state index is 12.6. The van der Waals surface area contributed by atoms with Crippen LogP contribution in [0.15, 0.2) is 172 Å². The van der Waals surface area contributed by atoms with Crippen molar-refractivity contribution >= 4 is 119 Å². The first kappa shape index (κ1) is 62.6. The van der Waals surface area contributed by atoms with E-state index in [-0.39, 0.29) is 55.8 Å². The van der Waals surface area contributed by atoms with Crippen LogP contribution in [-0.4, -0.2) is 81.7 Å². The monoisotopic (exact) mass is 1240 g/mol. The van der Waals surface area contributed by atoms with Crippen molar-refractivity contribution in [3.8, 4) is 17.2 Å². The van der Waals surface area contributed by atoms with Crippen molar-refractivity contribution in [3.63, 3.8) is 0 Å². The van der Waals surface area contributed by atoms with Crippen LogP contribution in [0, 0.1) is 34.6 Å². The number of aryl methyl sites for hydroxylation is 5. The molecule has 0 atom stereocenters. The van der Waals surface area contributed by atoms with Gasteiger partial charge in [-0.2, -0.15) is 64.4 Å². The number of azo groups is 4. The molecule has 0 fully saturated rings. The summed E-state index contributed by atoms with van der Waals surface area (Å²) in [5.74, 6) is -1.17. The number of aromatic hydroxyl groups is 1. The molecule has 0 spiro atoms. The summed E-state index contributed by atoms with van der Waals surface area (Å²) in [7, 11) is -17.9. The number of ether oxygens (including phenoxy) is 2. The number of nitrogens with zero attached hydrogens (tertiary/aromatic N) is 8. The molecule has 24 nitrogen and oxygen atoms in total. The molecule has 0 saturated heterocycles. The third-order valence-electron chi connectivity index (χ3n) is 13.0. The molecule has 0 radical (unpaired) electrons. The molecular weight excluding hydrogens is 1180 g/mol. The highest BCUT2D eigenvalue weighted by Gasteiger charge is 2.23. The van der Waals surface area contributed by atoms with Crippen molar-refractivity contribution in [2.75, 3.05) is 30.0 Å². The average Bonchev–Trinajstić information content (AvgIpc) is 1.32. The second-order valence-corrected chi connectivity index (χ2v) is 25.7. The van der Waals surface area contributed by atoms with Gasteiger partial charge in [-0.3, -0.25) is 18.2 Å². The van der Waals surface area contributed by atoms with E-state index in [0.717, 1.165) is 11.8 Å². The molecule has 0 heterocycles. The topological polar surface area (TPSA) is 367 Å². The SMILES string of the molecule is Cc1cc(N=Nc2cc(C)c(N=Nc3cc(C)c(N=Nc4c(S(=O)(=O)O)cc5cc(Nc6ccccc6)ccc5c4O)cc3C)cc2C)c(OCCCCS(=O)(=O)O)cc1N=Nc1ccc2cc(S(=O)(=O)O)cc(OCCCCS(=O)(=O)O)c2c1. The Hall–Kier alpha value is -8.48. The lowest BCUT2D eigenvalue weighted by atomic mass is 10.1. The van der Waals surface area contributed by atoms with E-state index in [1.165, 1.54) is 12.1 Å². The largest absolute Gasteiger partial charge is 0.505 e. The fourth-order valence-corrected chi connectivity index (χ4v) is 10.9. The number of phenols is 1. The summed E-state index contributed by atoms with van der Waals surface area (Å²) < 4.78 is 145. The van der Waals surface area contributed by atoms with E-state index in [0.29, 0.717) is 89.5 Å². The molecule has 0 amide bonds. The molecule has 85 heavy (non-hydrogen) atoms. The van der Waals surface area contributed by atoms with Gasteiger partial charge < -0.3 is 19.9 Å². The molecule has 28 heteroatoms. The Morgan fingerprint density at radius 1 is 0.424 bits per heavy atom. The van der Waals surface area contributed by atoms with Gasteiger partial charge >= 0.3 is 0 Å². The standard InChI is InChI=1S/C57H57N9O15S4/c1-34-24-49(35(2)23-47(34)61-62-48-25-37(4)50(26-36(48)3)64-66-56-55(85(77,78)79)30-40-28-42(17-18-45(40)57(56)67)58-41-13-7-6-8-14-41)63-65-52-27-38(5)51(33-54(52)81-20-10-12-22-83(71,72)73)60-59-43-16-15-39-29-44(84(74,75)76)32-53(46(39)31-43)80-19-9-11-21-82(68,69)70/h6-8,13-18,23-33,58,67H,9-12,19-22H2,1-5H3,(H,68,69,70)(H,71,72,73)(H,74,75,76)(H,77,78,79). The number of benzene rings is 8. The van der Waals surface area contributed by atoms with E-state index >= 15 is 0 Å². The van der Waals surface area contributed by atoms with E-state index < -0.39 is 73.2 Å². The first-order chi connectivity index (χ1) is 40.1. The van der Waals surface area contributed by atoms with Crippen LogP contribution in [0.5, 0.6) is 17.2 Å². The Bertz CT molecular complexity index is 4490. The molecule has 0 aliphatic rings. The highest BCUT2D eigenvalue weighted by Crippen LogP contribution is 2.44. The summed E-state index contributed by atoms with van der Waals surface area (Å²) in [6, 6.07) is 32.7. The van der Waals surface area contributed by atoms with Gasteiger partial charge in [0.1, 0.15) is 27.8 Å². The van der Waals surface area contributed by atoms with Gasteiger partial charge in [-0.05, 0) is 184 Å². The zero-order chi connectivity index (χ0) is 61.4. The van der Waals surface area contributed by atoms with E-state index in [2.05, 4.69) is 46.2 Å². The Kier molecular flexibility index (Phi) is 19.3. The number of para-hydroxylation sites is 1. The maximum atomic E-state index is 12.6. The average molecular weight is 1240 g/mol. The molecular formula is C57H57N9O15S4. The van der Waals surface area contributed by atoms with Crippen molar-refractivity contribution in [2.45, 2.75) is 70.1 Å². The number of nitrogens with one attached hydrogen (secondary N) is 1. The van der Waals surface area contributed by atoms with Crippen LogP contribution in [0.25, 0.3) is 21.5 Å². The third-order valence-corrected chi connectivity index (χ3v) is 16.3. The van der Waals surface area contributed by atoms with E-state index in [4.69, 9.17) is 14.0 Å². The summed E-state index contributed by atoms with van der Waals surface area (Å²) in [5, 5.41) is 51.3. The Morgan fingerprint density at radius 2 is 0.918 bits per heavy atom. The normalized spacial score (nSPS) is 12.7. The number of phenolic OH excluding ortho intramolecular Hbond substituents is 1. The lowest BCUT2D eigenvalue weighted by Crippen LogP contribution is -2.06. The van der Waals surface area contributed by atoms with Gasteiger partial charge in [0.15, 0.2) is 5.75 Å². The smallest absolute Gasteiger partial charge is 0.296 e. The van der Waals surface area contributed by atoms with Crippen molar-refractivity contribution < 1.29 is 66.5 Å². The number of unbranched alkanes of at least 4 members (excludes halogenated alkanes) is 2. The number of hydrogen-bond acceptors (Lipinski definition) is 20. The van der Waals surface area contributed by atoms with E-state index in [1.54, 1.807) is 93.6 Å². The summed E-state index contributed by atoms with van der Waals surface area (Å²) in [5.41, 5.74) is 6.94. The van der Waals surface area contributed by atoms with Crippen molar-refractivity contribution in [1.82, 2.24) is 0 Å². The number of fused-ring (bicyclic) bond motifs is 2. The Morgan fingerprint density at radius 3 is 1.45 bits per heavy atom. The molecule has 8 aromatic carbocycles. The van der Waals surface area contributed by atoms with E-state index in [9.17, 15) is 52.4 Å². The highest BCUT2D eigenvalue weighted by molar-refractivity contribution is 7.86. The van der Waals surface area contributed by atoms with Crippen molar-refractivity contribution in [2.24, 2.45) is 40.9 Å². The highest BCUT2D eigenvalue weighted by atomic mass is 32.2. The van der Waals surface area contributed by atoms with Gasteiger partial charge in [0.25, 0.3) is 40.5 Å². The molecule has 0 bridgehead atoms. The second kappa shape index (κ2) is 26.2. The molecule has 444 valence electrons. The zero-order valence-electron chi connectivity index (χ0n) is 46.2. The fraction of sp³-hybridized carbons (Fsp3) is 0.228. The van der Waals surface area contributed by atoms with Crippen LogP contribution in [0.1, 0.15) is 53.5 Å². The number of anilines is 2. The van der Waals surface area contributed by atoms with Crippen LogP contribution in [0.4, 0.5) is 56.9 Å². The predicted octanol–water partition coefficient (Wildman–Crippen LogP) is 15.2. The van der Waals surface area contributed by atoms with E-state index in [1.807, 2.05) is 44.2 Å². The molecule has 0 aromatic heterocycles. The second-order valence-electron chi connectivity index (χ2n) is 19.7. The van der Waals surface area contributed by atoms with Crippen LogP contribution in [0.2, 0.25) is 0 Å². The van der Waals surface area contributed by atoms with Gasteiger partial charge in [0.2, 0.25) is 0 Å². The Labute approximate surface area is 490 Å². The minimum atomic E-state index is -4.88. The minimum absolute atomic E-state index is 0.0272. The van der Waals surface area contributed by atoms with Gasteiger partial charge in [0, 0.05) is 34.3 Å². The summed E-state index contributed by atoms with van der Waals surface area (Å²) >= 11 is 0. The van der Waals surface area contributed by atoms with Gasteiger partial charge in [-0.25, -0.2) is 0 Å². The lowest BCUT2D eigenvalue weighted by molar-refractivity contribution is 0.310. The summed E-state index contributed by atoms with van der Waals surface area (Å²) in [6.45, 7) is 8.89. The molecule has 0 unspecified atom stereocenters. The van der Waals surface area contributed by atoms with Gasteiger partial charge in [-0.15, -0.1) is 10.2 Å².